The van der Waals surface area contributed by atoms with Crippen molar-refractivity contribution in [3.05, 3.63) is 35.1 Å². The Morgan fingerprint density at radius 1 is 1.30 bits per heavy atom. The van der Waals surface area contributed by atoms with Gasteiger partial charge in [0, 0.05) is 23.7 Å². The summed E-state index contributed by atoms with van der Waals surface area (Å²) in [5, 5.41) is 12.1. The number of alkyl halides is 3. The molecule has 0 spiro atoms. The summed E-state index contributed by atoms with van der Waals surface area (Å²) in [5.74, 6) is -0.987. The summed E-state index contributed by atoms with van der Waals surface area (Å²) >= 11 is 0. The molecule has 0 heterocycles. The van der Waals surface area contributed by atoms with Crippen LogP contribution < -0.4 is 5.32 Å². The maximum Gasteiger partial charge on any atom is 0.412 e. The molecule has 3 nitrogen and oxygen atoms in total. The van der Waals surface area contributed by atoms with E-state index in [-0.39, 0.29) is 6.42 Å². The summed E-state index contributed by atoms with van der Waals surface area (Å²) in [5.41, 5.74) is 0.278. The van der Waals surface area contributed by atoms with Gasteiger partial charge in [-0.15, -0.1) is 0 Å². The lowest BCUT2D eigenvalue weighted by Gasteiger charge is -2.26. The highest BCUT2D eigenvalue weighted by atomic mass is 19.4. The van der Waals surface area contributed by atoms with Gasteiger partial charge in [0.25, 0.3) is 0 Å². The third-order valence-electron chi connectivity index (χ3n) is 3.53. The number of nitrogens with one attached hydrogen (secondary N) is 1. The number of carbonyl (C=O) groups is 1. The van der Waals surface area contributed by atoms with Gasteiger partial charge in [-0.3, -0.25) is 0 Å². The molecule has 110 valence electrons. The van der Waals surface area contributed by atoms with Crippen LogP contribution in [0, 0.1) is 0 Å². The quantitative estimate of drug-likeness (QED) is 0.837. The zero-order valence-corrected chi connectivity index (χ0v) is 10.8. The van der Waals surface area contributed by atoms with Gasteiger partial charge >= 0.3 is 12.1 Å². The Morgan fingerprint density at radius 2 is 2.00 bits per heavy atom. The molecule has 0 fully saturated rings. The zero-order chi connectivity index (χ0) is 14.8. The van der Waals surface area contributed by atoms with Crippen LogP contribution >= 0.6 is 0 Å². The molecule has 0 radical (unpaired) electrons. The minimum atomic E-state index is -4.33. The van der Waals surface area contributed by atoms with E-state index in [4.69, 9.17) is 5.11 Å². The maximum absolute atomic E-state index is 12.7. The molecule has 0 aromatic rings. The van der Waals surface area contributed by atoms with Gasteiger partial charge in [-0.25, -0.2) is 4.79 Å². The van der Waals surface area contributed by atoms with Crippen LogP contribution in [0.1, 0.15) is 32.1 Å². The third kappa shape index (κ3) is 3.43. The van der Waals surface area contributed by atoms with E-state index in [0.29, 0.717) is 24.1 Å². The van der Waals surface area contributed by atoms with Crippen molar-refractivity contribution >= 4 is 5.97 Å². The summed E-state index contributed by atoms with van der Waals surface area (Å²) in [6.45, 7) is 0. The van der Waals surface area contributed by atoms with E-state index in [1.54, 1.807) is 6.08 Å². The van der Waals surface area contributed by atoms with Crippen LogP contribution in [-0.4, -0.2) is 23.3 Å². The second-order valence-electron chi connectivity index (χ2n) is 5.00. The van der Waals surface area contributed by atoms with Crippen LogP contribution in [-0.2, 0) is 4.79 Å². The monoisotopic (exact) mass is 287 g/mol. The zero-order valence-electron chi connectivity index (χ0n) is 10.8. The van der Waals surface area contributed by atoms with Crippen molar-refractivity contribution in [1.29, 1.82) is 0 Å². The van der Waals surface area contributed by atoms with Crippen molar-refractivity contribution in [3.8, 4) is 0 Å². The summed E-state index contributed by atoms with van der Waals surface area (Å²) in [7, 11) is 0. The van der Waals surface area contributed by atoms with E-state index in [1.165, 1.54) is 6.08 Å². The summed E-state index contributed by atoms with van der Waals surface area (Å²) < 4.78 is 38.0. The normalized spacial score (nSPS) is 23.6. The van der Waals surface area contributed by atoms with Crippen LogP contribution in [0.5, 0.6) is 0 Å². The van der Waals surface area contributed by atoms with Crippen LogP contribution in [0.15, 0.2) is 35.1 Å². The average molecular weight is 287 g/mol. The fourth-order valence-electron chi connectivity index (χ4n) is 2.51. The standard InChI is InChI=1S/C14H16F3NO2/c15-14(16,17)9-4-3-5-10(8-9)18-12-7-2-1-6-11(12)13(19)20/h3-5,10,18H,1-2,6-8H2,(H,19,20). The molecule has 6 heteroatoms. The predicted molar refractivity (Wildman–Crippen MR) is 67.9 cm³/mol. The minimum absolute atomic E-state index is 0.170. The molecule has 2 rings (SSSR count). The van der Waals surface area contributed by atoms with Crippen molar-refractivity contribution in [1.82, 2.24) is 5.32 Å². The van der Waals surface area contributed by atoms with E-state index < -0.39 is 23.8 Å². The SMILES string of the molecule is O=C(O)C1=C(NC2C=CC=C(C(F)(F)F)C2)CCCC1. The van der Waals surface area contributed by atoms with E-state index in [1.807, 2.05) is 0 Å². The van der Waals surface area contributed by atoms with Gasteiger partial charge < -0.3 is 10.4 Å². The summed E-state index contributed by atoms with van der Waals surface area (Å²) in [6.07, 6.45) is 2.28. The Labute approximate surface area is 114 Å². The molecule has 0 saturated carbocycles. The van der Waals surface area contributed by atoms with Crippen molar-refractivity contribution in [3.63, 3.8) is 0 Å². The Hall–Kier alpha value is -1.72. The molecule has 20 heavy (non-hydrogen) atoms. The first kappa shape index (κ1) is 14.7. The highest BCUT2D eigenvalue weighted by Gasteiger charge is 2.35. The average Bonchev–Trinajstić information content (AvgIpc) is 2.38. The lowest BCUT2D eigenvalue weighted by molar-refractivity contribution is -0.133. The molecule has 0 saturated heterocycles. The largest absolute Gasteiger partial charge is 0.478 e. The molecular formula is C14H16F3NO2. The number of halogens is 3. The van der Waals surface area contributed by atoms with Crippen LogP contribution in [0.3, 0.4) is 0 Å². The van der Waals surface area contributed by atoms with Crippen LogP contribution in [0.25, 0.3) is 0 Å². The Morgan fingerprint density at radius 3 is 2.65 bits per heavy atom. The first-order valence-electron chi connectivity index (χ1n) is 6.54. The Kier molecular flexibility index (Phi) is 4.20. The molecule has 0 aromatic heterocycles. The number of aliphatic carboxylic acids is 1. The van der Waals surface area contributed by atoms with Gasteiger partial charge in [-0.05, 0) is 25.7 Å². The fraction of sp³-hybridized carbons (Fsp3) is 0.500. The molecule has 1 atom stereocenters. The predicted octanol–water partition coefficient (Wildman–Crippen LogP) is 3.31. The van der Waals surface area contributed by atoms with Crippen molar-refractivity contribution < 1.29 is 23.1 Å². The first-order valence-corrected chi connectivity index (χ1v) is 6.54. The van der Waals surface area contributed by atoms with Gasteiger partial charge in [-0.1, -0.05) is 18.2 Å². The second kappa shape index (κ2) is 5.73. The van der Waals surface area contributed by atoms with Crippen molar-refractivity contribution in [2.45, 2.75) is 44.3 Å². The molecule has 1 unspecified atom stereocenters. The molecule has 2 aliphatic carbocycles. The van der Waals surface area contributed by atoms with Crippen molar-refractivity contribution in [2.24, 2.45) is 0 Å². The maximum atomic E-state index is 12.7. The number of carboxylic acids is 1. The van der Waals surface area contributed by atoms with E-state index in [0.717, 1.165) is 18.9 Å². The molecule has 0 aliphatic heterocycles. The van der Waals surface area contributed by atoms with E-state index in [2.05, 4.69) is 5.32 Å². The summed E-state index contributed by atoms with van der Waals surface area (Å²) in [6, 6.07) is -0.501. The Balaban J connectivity index is 2.09. The fourth-order valence-corrected chi connectivity index (χ4v) is 2.51. The lowest BCUT2D eigenvalue weighted by atomic mass is 9.94. The Bertz CT molecular complexity index is 489. The molecule has 0 aromatic carbocycles. The number of allylic oxidation sites excluding steroid dienone is 3. The summed E-state index contributed by atoms with van der Waals surface area (Å²) in [4.78, 5) is 11.1. The van der Waals surface area contributed by atoms with Crippen molar-refractivity contribution in [2.75, 3.05) is 0 Å². The van der Waals surface area contributed by atoms with E-state index in [9.17, 15) is 18.0 Å². The van der Waals surface area contributed by atoms with Gasteiger partial charge in [0.1, 0.15) is 0 Å². The number of carboxylic acid groups (broad SMARTS) is 1. The third-order valence-corrected chi connectivity index (χ3v) is 3.53. The van der Waals surface area contributed by atoms with E-state index >= 15 is 0 Å². The van der Waals surface area contributed by atoms with Gasteiger partial charge in [0.2, 0.25) is 0 Å². The topological polar surface area (TPSA) is 49.3 Å². The highest BCUT2D eigenvalue weighted by molar-refractivity contribution is 5.87. The molecule has 2 aliphatic rings. The lowest BCUT2D eigenvalue weighted by Crippen LogP contribution is -2.33. The van der Waals surface area contributed by atoms with Crippen LogP contribution in [0.2, 0.25) is 0 Å². The van der Waals surface area contributed by atoms with Gasteiger partial charge in [0.05, 0.1) is 5.57 Å². The number of rotatable bonds is 3. The molecule has 2 N–H and O–H groups in total. The molecule has 0 amide bonds. The molecule has 0 bridgehead atoms. The minimum Gasteiger partial charge on any atom is -0.478 e. The highest BCUT2D eigenvalue weighted by Crippen LogP contribution is 2.32. The van der Waals surface area contributed by atoms with Gasteiger partial charge in [0.15, 0.2) is 0 Å². The number of hydrogen-bond acceptors (Lipinski definition) is 2. The smallest absolute Gasteiger partial charge is 0.412 e. The molecular weight excluding hydrogens is 271 g/mol. The van der Waals surface area contributed by atoms with Gasteiger partial charge in [-0.2, -0.15) is 13.2 Å². The first-order chi connectivity index (χ1) is 9.38. The van der Waals surface area contributed by atoms with Crippen LogP contribution in [0.4, 0.5) is 13.2 Å². The second-order valence-corrected chi connectivity index (χ2v) is 5.00. The number of hydrogen-bond donors (Lipinski definition) is 2.